The van der Waals surface area contributed by atoms with E-state index in [0.717, 1.165) is 4.88 Å². The van der Waals surface area contributed by atoms with E-state index in [9.17, 15) is 4.79 Å². The van der Waals surface area contributed by atoms with Gasteiger partial charge in [0.1, 0.15) is 18.3 Å². The quantitative estimate of drug-likeness (QED) is 0.834. The molecule has 1 amide bonds. The van der Waals surface area contributed by atoms with Crippen LogP contribution in [0.1, 0.15) is 15.2 Å². The minimum Gasteiger partial charge on any atom is -0.496 e. The van der Waals surface area contributed by atoms with Crippen LogP contribution in [0.5, 0.6) is 5.75 Å². The summed E-state index contributed by atoms with van der Waals surface area (Å²) in [5.41, 5.74) is 0.317. The third kappa shape index (κ3) is 3.63. The zero-order valence-corrected chi connectivity index (χ0v) is 14.6. The summed E-state index contributed by atoms with van der Waals surface area (Å²) in [6.45, 7) is 2.37. The summed E-state index contributed by atoms with van der Waals surface area (Å²) in [6.07, 6.45) is 4.46. The van der Waals surface area contributed by atoms with Crippen LogP contribution in [0.3, 0.4) is 0 Å². The number of aryl methyl sites for hydroxylation is 1. The molecular formula is C16H15ClN2O4S. The van der Waals surface area contributed by atoms with Gasteiger partial charge in [-0.2, -0.15) is 4.99 Å². The van der Waals surface area contributed by atoms with Crippen LogP contribution in [0.4, 0.5) is 0 Å². The zero-order valence-electron chi connectivity index (χ0n) is 13.1. The van der Waals surface area contributed by atoms with Crippen LogP contribution >= 0.6 is 22.9 Å². The predicted octanol–water partition coefficient (Wildman–Crippen LogP) is 3.11. The standard InChI is InChI=1S/C16H15ClN2O4S/c1-10-8-19(9-14-22-5-6-23-14)16(24-10)18-15(20)12-7-11(17)3-4-13(12)21-2/h3-8,14H,9H2,1-2H3. The number of halogens is 1. The van der Waals surface area contributed by atoms with Crippen molar-refractivity contribution in [1.29, 1.82) is 0 Å². The Labute approximate surface area is 147 Å². The molecule has 0 fully saturated rings. The molecule has 2 heterocycles. The van der Waals surface area contributed by atoms with Crippen molar-refractivity contribution in [1.82, 2.24) is 4.57 Å². The lowest BCUT2D eigenvalue weighted by Gasteiger charge is -2.10. The number of amides is 1. The summed E-state index contributed by atoms with van der Waals surface area (Å²) in [5.74, 6) is 0.0102. The number of hydrogen-bond donors (Lipinski definition) is 0. The van der Waals surface area contributed by atoms with Crippen molar-refractivity contribution in [2.45, 2.75) is 19.8 Å². The molecule has 1 aromatic heterocycles. The zero-order chi connectivity index (χ0) is 17.1. The first kappa shape index (κ1) is 16.6. The van der Waals surface area contributed by atoms with E-state index in [1.807, 2.05) is 17.7 Å². The average molecular weight is 367 g/mol. The maximum atomic E-state index is 12.6. The lowest BCUT2D eigenvalue weighted by Crippen LogP contribution is -2.24. The number of thiazole rings is 1. The number of hydrogen-bond acceptors (Lipinski definition) is 5. The van der Waals surface area contributed by atoms with Crippen molar-refractivity contribution in [2.24, 2.45) is 4.99 Å². The van der Waals surface area contributed by atoms with Gasteiger partial charge in [0.15, 0.2) is 4.80 Å². The molecule has 8 heteroatoms. The third-order valence-electron chi connectivity index (χ3n) is 3.29. The molecule has 24 heavy (non-hydrogen) atoms. The lowest BCUT2D eigenvalue weighted by atomic mass is 10.2. The molecule has 1 aromatic carbocycles. The van der Waals surface area contributed by atoms with Gasteiger partial charge in [0.25, 0.3) is 12.2 Å². The van der Waals surface area contributed by atoms with Crippen LogP contribution in [0.25, 0.3) is 0 Å². The van der Waals surface area contributed by atoms with Gasteiger partial charge in [-0.05, 0) is 25.1 Å². The SMILES string of the molecule is COc1ccc(Cl)cc1C(=O)N=c1sc(C)cn1CC1OC=CO1. The van der Waals surface area contributed by atoms with Gasteiger partial charge >= 0.3 is 0 Å². The smallest absolute Gasteiger partial charge is 0.283 e. The molecule has 6 nitrogen and oxygen atoms in total. The fourth-order valence-corrected chi connectivity index (χ4v) is 3.25. The second-order valence-corrected chi connectivity index (χ2v) is 6.66. The second kappa shape index (κ2) is 7.11. The third-order valence-corrected chi connectivity index (χ3v) is 4.46. The highest BCUT2D eigenvalue weighted by molar-refractivity contribution is 7.09. The molecule has 0 saturated carbocycles. The van der Waals surface area contributed by atoms with Crippen LogP contribution in [0, 0.1) is 6.92 Å². The molecule has 0 saturated heterocycles. The number of aromatic nitrogens is 1. The Morgan fingerprint density at radius 3 is 2.88 bits per heavy atom. The number of nitrogens with zero attached hydrogens (tertiary/aromatic N) is 2. The van der Waals surface area contributed by atoms with E-state index in [2.05, 4.69) is 4.99 Å². The van der Waals surface area contributed by atoms with Gasteiger partial charge in [-0.25, -0.2) is 0 Å². The average Bonchev–Trinajstić information content (AvgIpc) is 3.18. The number of ether oxygens (including phenoxy) is 3. The largest absolute Gasteiger partial charge is 0.496 e. The van der Waals surface area contributed by atoms with Crippen molar-refractivity contribution in [3.63, 3.8) is 0 Å². The molecule has 0 aliphatic carbocycles. The predicted molar refractivity (Wildman–Crippen MR) is 90.0 cm³/mol. The van der Waals surface area contributed by atoms with Gasteiger partial charge in [-0.1, -0.05) is 11.6 Å². The topological polar surface area (TPSA) is 62.0 Å². The van der Waals surface area contributed by atoms with Gasteiger partial charge in [-0.15, -0.1) is 11.3 Å². The number of carbonyl (C=O) groups excluding carboxylic acids is 1. The maximum absolute atomic E-state index is 12.6. The van der Waals surface area contributed by atoms with E-state index < -0.39 is 12.2 Å². The first-order valence-corrected chi connectivity index (χ1v) is 8.31. The monoisotopic (exact) mass is 366 g/mol. The molecule has 2 aromatic rings. The van der Waals surface area contributed by atoms with Crippen molar-refractivity contribution in [2.75, 3.05) is 7.11 Å². The summed E-state index contributed by atoms with van der Waals surface area (Å²) < 4.78 is 17.6. The first-order valence-electron chi connectivity index (χ1n) is 7.12. The molecule has 126 valence electrons. The maximum Gasteiger partial charge on any atom is 0.283 e. The normalized spacial score (nSPS) is 14.5. The molecule has 0 N–H and O–H groups in total. The fraction of sp³-hybridized carbons (Fsp3) is 0.250. The van der Waals surface area contributed by atoms with E-state index in [-0.39, 0.29) is 0 Å². The van der Waals surface area contributed by atoms with Crippen molar-refractivity contribution in [3.8, 4) is 5.75 Å². The van der Waals surface area contributed by atoms with E-state index >= 15 is 0 Å². The van der Waals surface area contributed by atoms with E-state index in [0.29, 0.717) is 27.7 Å². The number of carbonyl (C=O) groups is 1. The molecule has 0 unspecified atom stereocenters. The minimum atomic E-state index is -0.422. The van der Waals surface area contributed by atoms with Crippen molar-refractivity contribution in [3.05, 3.63) is 57.2 Å². The van der Waals surface area contributed by atoms with E-state index in [4.69, 9.17) is 25.8 Å². The van der Waals surface area contributed by atoms with Crippen LogP contribution in [-0.4, -0.2) is 23.9 Å². The molecule has 3 rings (SSSR count). The van der Waals surface area contributed by atoms with Gasteiger partial charge in [-0.3, -0.25) is 4.79 Å². The minimum absolute atomic E-state index is 0.317. The van der Waals surface area contributed by atoms with Gasteiger partial charge in [0.2, 0.25) is 0 Å². The molecular weight excluding hydrogens is 352 g/mol. The molecule has 1 aliphatic rings. The number of rotatable bonds is 4. The summed E-state index contributed by atoms with van der Waals surface area (Å²) in [6, 6.07) is 4.85. The van der Waals surface area contributed by atoms with E-state index in [1.54, 1.807) is 18.2 Å². The molecule has 0 radical (unpaired) electrons. The summed E-state index contributed by atoms with van der Waals surface area (Å²) in [4.78, 5) is 18.3. The van der Waals surface area contributed by atoms with Crippen LogP contribution < -0.4 is 9.54 Å². The number of methoxy groups -OCH3 is 1. The number of benzene rings is 1. The highest BCUT2D eigenvalue weighted by Gasteiger charge is 2.16. The van der Waals surface area contributed by atoms with E-state index in [1.165, 1.54) is 31.0 Å². The summed E-state index contributed by atoms with van der Waals surface area (Å²) >= 11 is 7.39. The molecule has 1 aliphatic heterocycles. The van der Waals surface area contributed by atoms with Gasteiger partial charge in [0, 0.05) is 16.1 Å². The van der Waals surface area contributed by atoms with Gasteiger partial charge in [0.05, 0.1) is 19.2 Å². The summed E-state index contributed by atoms with van der Waals surface area (Å²) in [7, 11) is 1.50. The van der Waals surface area contributed by atoms with Crippen LogP contribution in [-0.2, 0) is 16.0 Å². The second-order valence-electron chi connectivity index (χ2n) is 5.01. The molecule has 0 atom stereocenters. The van der Waals surface area contributed by atoms with Gasteiger partial charge < -0.3 is 18.8 Å². The highest BCUT2D eigenvalue weighted by atomic mass is 35.5. The Hall–Kier alpha value is -2.25. The Balaban J connectivity index is 1.93. The Morgan fingerprint density at radius 2 is 2.17 bits per heavy atom. The Bertz CT molecular complexity index is 848. The molecule has 0 spiro atoms. The first-order chi connectivity index (χ1) is 11.6. The van der Waals surface area contributed by atoms with Crippen LogP contribution in [0.2, 0.25) is 5.02 Å². The fourth-order valence-electron chi connectivity index (χ4n) is 2.23. The molecule has 0 bridgehead atoms. The van der Waals surface area contributed by atoms with Crippen molar-refractivity contribution < 1.29 is 19.0 Å². The van der Waals surface area contributed by atoms with Crippen LogP contribution in [0.15, 0.2) is 41.9 Å². The Kier molecular flexibility index (Phi) is 4.92. The summed E-state index contributed by atoms with van der Waals surface area (Å²) in [5, 5.41) is 0.448. The highest BCUT2D eigenvalue weighted by Crippen LogP contribution is 2.23. The van der Waals surface area contributed by atoms with Crippen molar-refractivity contribution >= 4 is 28.8 Å². The Morgan fingerprint density at radius 1 is 1.42 bits per heavy atom. The lowest BCUT2D eigenvalue weighted by molar-refractivity contribution is -0.0347.